The van der Waals surface area contributed by atoms with E-state index in [0.717, 1.165) is 11.3 Å². The summed E-state index contributed by atoms with van der Waals surface area (Å²) in [7, 11) is -8.11. The molecule has 0 aliphatic rings. The Balaban J connectivity index is 1.70. The number of amides is 1. The second-order valence-corrected chi connectivity index (χ2v) is 13.3. The summed E-state index contributed by atoms with van der Waals surface area (Å²) in [6, 6.07) is 13.7. The molecule has 2 aromatic carbocycles. The summed E-state index contributed by atoms with van der Waals surface area (Å²) in [5.41, 5.74) is 2.47. The van der Waals surface area contributed by atoms with Gasteiger partial charge in [0.1, 0.15) is 11.7 Å². The van der Waals surface area contributed by atoms with E-state index in [2.05, 4.69) is 15.3 Å². The third-order valence-corrected chi connectivity index (χ3v) is 9.41. The van der Waals surface area contributed by atoms with Crippen LogP contribution in [-0.4, -0.2) is 45.0 Å². The van der Waals surface area contributed by atoms with E-state index in [1.165, 1.54) is 36.5 Å². The van der Waals surface area contributed by atoms with Crippen molar-refractivity contribution in [1.29, 1.82) is 0 Å². The van der Waals surface area contributed by atoms with Crippen LogP contribution < -0.4 is 10.5 Å². The van der Waals surface area contributed by atoms with E-state index < -0.39 is 55.1 Å². The summed E-state index contributed by atoms with van der Waals surface area (Å²) in [4.78, 5) is 21.1. The molecule has 38 heavy (non-hydrogen) atoms. The molecule has 0 spiro atoms. The third kappa shape index (κ3) is 6.75. The smallest absolute Gasteiger partial charge is 0.245 e. The second-order valence-electron chi connectivity index (χ2n) is 8.40. The first-order chi connectivity index (χ1) is 17.9. The standard InChI is InChI=1S/C24H22F2N4O5S3/c25-12-15-1-3-16(4-2-15)14-37(32,33)22(23(31)28-9-10-38(27,34)35)24-30-19-7-5-17(11-20(19)36-24)18-6-8-21(26)29-13-18/h1-8,11,13,22H,9-10,12,14H2,(H,28,31)(H2,27,34,35). The zero-order valence-electron chi connectivity index (χ0n) is 19.7. The van der Waals surface area contributed by atoms with Gasteiger partial charge >= 0.3 is 0 Å². The maximum absolute atomic E-state index is 13.5. The molecule has 0 saturated heterocycles. The number of hydrogen-bond acceptors (Lipinski definition) is 8. The number of benzene rings is 2. The van der Waals surface area contributed by atoms with Crippen molar-refractivity contribution >= 4 is 47.3 Å². The summed E-state index contributed by atoms with van der Waals surface area (Å²) < 4.78 is 76.2. The molecule has 0 bridgehead atoms. The minimum atomic E-state index is -4.22. The lowest BCUT2D eigenvalue weighted by molar-refractivity contribution is -0.120. The highest BCUT2D eigenvalue weighted by atomic mass is 32.2. The molecule has 2 aromatic heterocycles. The van der Waals surface area contributed by atoms with Crippen LogP contribution in [0.3, 0.4) is 0 Å². The Kier molecular flexibility index (Phi) is 8.16. The number of thiazole rings is 1. The van der Waals surface area contributed by atoms with Gasteiger partial charge in [0.2, 0.25) is 21.9 Å². The number of carbonyl (C=O) groups excluding carboxylic acids is 1. The van der Waals surface area contributed by atoms with E-state index >= 15 is 0 Å². The molecule has 1 atom stereocenters. The number of rotatable bonds is 10. The number of pyridine rings is 1. The summed E-state index contributed by atoms with van der Waals surface area (Å²) in [6.07, 6.45) is 1.36. The molecule has 0 aliphatic heterocycles. The van der Waals surface area contributed by atoms with E-state index in [-0.39, 0.29) is 11.6 Å². The molecule has 1 amide bonds. The van der Waals surface area contributed by atoms with E-state index in [1.54, 1.807) is 24.3 Å². The molecule has 0 fully saturated rings. The number of fused-ring (bicyclic) bond motifs is 1. The number of hydrogen-bond donors (Lipinski definition) is 2. The Morgan fingerprint density at radius 1 is 1.00 bits per heavy atom. The van der Waals surface area contributed by atoms with Gasteiger partial charge in [0.15, 0.2) is 15.1 Å². The zero-order chi connectivity index (χ0) is 27.5. The third-order valence-electron chi connectivity index (χ3n) is 5.52. The molecule has 4 aromatic rings. The molecule has 200 valence electrons. The Morgan fingerprint density at radius 2 is 1.68 bits per heavy atom. The van der Waals surface area contributed by atoms with Gasteiger partial charge in [-0.3, -0.25) is 4.79 Å². The van der Waals surface area contributed by atoms with Crippen molar-refractivity contribution in [3.8, 4) is 11.1 Å². The minimum Gasteiger partial charge on any atom is -0.354 e. The van der Waals surface area contributed by atoms with Crippen LogP contribution in [0.25, 0.3) is 21.3 Å². The van der Waals surface area contributed by atoms with Crippen LogP contribution in [0.5, 0.6) is 0 Å². The Bertz CT molecular complexity index is 1670. The second kappa shape index (κ2) is 11.2. The normalized spacial score (nSPS) is 12.9. The van der Waals surface area contributed by atoms with Gasteiger partial charge in [-0.15, -0.1) is 11.3 Å². The van der Waals surface area contributed by atoms with Crippen molar-refractivity contribution in [2.75, 3.05) is 12.3 Å². The summed E-state index contributed by atoms with van der Waals surface area (Å²) >= 11 is 0.990. The summed E-state index contributed by atoms with van der Waals surface area (Å²) in [5, 5.41) is 5.56. The van der Waals surface area contributed by atoms with E-state index in [0.29, 0.717) is 32.5 Å². The van der Waals surface area contributed by atoms with Crippen molar-refractivity contribution in [2.45, 2.75) is 17.7 Å². The number of nitrogens with two attached hydrogens (primary N) is 1. The van der Waals surface area contributed by atoms with Crippen LogP contribution in [0.2, 0.25) is 0 Å². The van der Waals surface area contributed by atoms with Crippen LogP contribution in [-0.2, 0) is 37.1 Å². The highest BCUT2D eigenvalue weighted by Gasteiger charge is 2.37. The van der Waals surface area contributed by atoms with Gasteiger partial charge in [-0.05, 0) is 41.0 Å². The molecule has 0 aliphatic carbocycles. The van der Waals surface area contributed by atoms with Gasteiger partial charge in [-0.25, -0.2) is 36.3 Å². The van der Waals surface area contributed by atoms with Crippen molar-refractivity contribution in [2.24, 2.45) is 5.14 Å². The molecule has 0 radical (unpaired) electrons. The van der Waals surface area contributed by atoms with Crippen molar-refractivity contribution in [3.05, 3.63) is 82.9 Å². The zero-order valence-corrected chi connectivity index (χ0v) is 22.1. The average Bonchev–Trinajstić information content (AvgIpc) is 3.26. The number of nitrogens with zero attached hydrogens (tertiary/aromatic N) is 2. The Hall–Kier alpha value is -3.33. The molecule has 3 N–H and O–H groups in total. The lowest BCUT2D eigenvalue weighted by Crippen LogP contribution is -2.37. The van der Waals surface area contributed by atoms with Crippen molar-refractivity contribution < 1.29 is 30.4 Å². The van der Waals surface area contributed by atoms with Gasteiger partial charge in [-0.1, -0.05) is 30.3 Å². The number of aromatic nitrogens is 2. The first-order valence-corrected chi connectivity index (χ1v) is 15.4. The van der Waals surface area contributed by atoms with Gasteiger partial charge in [0, 0.05) is 18.3 Å². The fourth-order valence-electron chi connectivity index (χ4n) is 3.66. The Labute approximate surface area is 221 Å². The van der Waals surface area contributed by atoms with Gasteiger partial charge in [0.25, 0.3) is 0 Å². The summed E-state index contributed by atoms with van der Waals surface area (Å²) in [6.45, 7) is -1.09. The van der Waals surface area contributed by atoms with Crippen LogP contribution in [0.1, 0.15) is 21.4 Å². The number of sulfonamides is 1. The highest BCUT2D eigenvalue weighted by molar-refractivity contribution is 7.91. The SMILES string of the molecule is NS(=O)(=O)CCNC(=O)C(c1nc2ccc(-c3ccc(F)nc3)cc2s1)S(=O)(=O)Cc1ccc(CF)cc1. The number of nitrogens with one attached hydrogen (secondary N) is 1. The maximum Gasteiger partial charge on any atom is 0.245 e. The number of carbonyl (C=O) groups is 1. The fraction of sp³-hybridized carbons (Fsp3) is 0.208. The van der Waals surface area contributed by atoms with E-state index in [4.69, 9.17) is 5.14 Å². The molecule has 0 saturated carbocycles. The largest absolute Gasteiger partial charge is 0.354 e. The molecule has 9 nitrogen and oxygen atoms in total. The lowest BCUT2D eigenvalue weighted by Gasteiger charge is -2.16. The number of primary sulfonamides is 1. The minimum absolute atomic E-state index is 0.0112. The molecule has 1 unspecified atom stereocenters. The van der Waals surface area contributed by atoms with Gasteiger partial charge in [0.05, 0.1) is 21.7 Å². The first-order valence-electron chi connectivity index (χ1n) is 11.1. The van der Waals surface area contributed by atoms with Gasteiger partial charge < -0.3 is 5.32 Å². The van der Waals surface area contributed by atoms with Crippen LogP contribution in [0.15, 0.2) is 60.8 Å². The van der Waals surface area contributed by atoms with Crippen molar-refractivity contribution in [1.82, 2.24) is 15.3 Å². The number of alkyl halides is 1. The molecule has 4 rings (SSSR count). The fourth-order valence-corrected chi connectivity index (χ4v) is 7.21. The number of halogens is 2. The van der Waals surface area contributed by atoms with E-state index in [1.807, 2.05) is 0 Å². The highest BCUT2D eigenvalue weighted by Crippen LogP contribution is 2.35. The maximum atomic E-state index is 13.5. The molecular weight excluding hydrogens is 558 g/mol. The topological polar surface area (TPSA) is 149 Å². The predicted octanol–water partition coefficient (Wildman–Crippen LogP) is 3.03. The first kappa shape index (κ1) is 27.7. The van der Waals surface area contributed by atoms with Crippen LogP contribution in [0.4, 0.5) is 8.78 Å². The molecule has 14 heteroatoms. The molecular formula is C24H22F2N4O5S3. The van der Waals surface area contributed by atoms with Crippen LogP contribution >= 0.6 is 11.3 Å². The monoisotopic (exact) mass is 580 g/mol. The average molecular weight is 581 g/mol. The quantitative estimate of drug-likeness (QED) is 0.274. The van der Waals surface area contributed by atoms with Gasteiger partial charge in [-0.2, -0.15) is 4.39 Å². The van der Waals surface area contributed by atoms with Crippen LogP contribution in [0, 0.1) is 5.95 Å². The molecule has 2 heterocycles. The van der Waals surface area contributed by atoms with Crippen molar-refractivity contribution in [3.63, 3.8) is 0 Å². The lowest BCUT2D eigenvalue weighted by atomic mass is 10.1. The predicted molar refractivity (Wildman–Crippen MR) is 140 cm³/mol. The Morgan fingerprint density at radius 3 is 2.32 bits per heavy atom. The summed E-state index contributed by atoms with van der Waals surface area (Å²) in [5.74, 6) is -2.69. The number of sulfone groups is 1. The van der Waals surface area contributed by atoms with E-state index in [9.17, 15) is 30.4 Å².